The molecule has 2 aromatic carbocycles. The predicted molar refractivity (Wildman–Crippen MR) is 80.0 cm³/mol. The second-order valence-corrected chi connectivity index (χ2v) is 4.53. The van der Waals surface area contributed by atoms with Crippen LogP contribution in [0, 0.1) is 0 Å². The van der Waals surface area contributed by atoms with Crippen molar-refractivity contribution in [3.05, 3.63) is 53.6 Å². The fraction of sp³-hybridized carbons (Fsp3) is 0.188. The van der Waals surface area contributed by atoms with E-state index in [0.29, 0.717) is 11.3 Å². The summed E-state index contributed by atoms with van der Waals surface area (Å²) in [6.07, 6.45) is 1.02. The Labute approximate surface area is 113 Å². The van der Waals surface area contributed by atoms with Crippen molar-refractivity contribution < 1.29 is 4.79 Å². The van der Waals surface area contributed by atoms with E-state index < -0.39 is 0 Å². The number of carbonyl (C=O) groups is 1. The van der Waals surface area contributed by atoms with E-state index in [4.69, 9.17) is 5.73 Å². The van der Waals surface area contributed by atoms with Crippen molar-refractivity contribution in [3.8, 4) is 0 Å². The number of ketones is 1. The van der Waals surface area contributed by atoms with Crippen LogP contribution in [-0.4, -0.2) is 5.78 Å². The number of anilines is 3. The molecule has 0 heterocycles. The van der Waals surface area contributed by atoms with E-state index in [1.165, 1.54) is 12.5 Å². The molecule has 0 aliphatic rings. The van der Waals surface area contributed by atoms with E-state index >= 15 is 0 Å². The van der Waals surface area contributed by atoms with Crippen molar-refractivity contribution in [1.82, 2.24) is 0 Å². The Morgan fingerprint density at radius 2 is 1.74 bits per heavy atom. The molecule has 3 N–H and O–H groups in total. The van der Waals surface area contributed by atoms with Crippen molar-refractivity contribution in [2.45, 2.75) is 20.3 Å². The fourth-order valence-corrected chi connectivity index (χ4v) is 1.93. The smallest absolute Gasteiger partial charge is 0.161 e. The summed E-state index contributed by atoms with van der Waals surface area (Å²) in [5.74, 6) is -0.0255. The maximum atomic E-state index is 11.4. The molecule has 3 nitrogen and oxygen atoms in total. The van der Waals surface area contributed by atoms with Crippen molar-refractivity contribution in [3.63, 3.8) is 0 Å². The van der Waals surface area contributed by atoms with Gasteiger partial charge < -0.3 is 11.1 Å². The van der Waals surface area contributed by atoms with Gasteiger partial charge in [-0.3, -0.25) is 4.79 Å². The second-order valence-electron chi connectivity index (χ2n) is 4.53. The molecule has 0 aliphatic carbocycles. The number of rotatable bonds is 4. The first kappa shape index (κ1) is 13.1. The summed E-state index contributed by atoms with van der Waals surface area (Å²) < 4.78 is 0. The molecule has 0 spiro atoms. The number of nitrogen functional groups attached to an aromatic ring is 1. The maximum absolute atomic E-state index is 11.4. The summed E-state index contributed by atoms with van der Waals surface area (Å²) in [6.45, 7) is 3.65. The molecule has 2 aromatic rings. The molecule has 2 rings (SSSR count). The van der Waals surface area contributed by atoms with Crippen molar-refractivity contribution in [2.75, 3.05) is 11.1 Å². The number of aryl methyl sites for hydroxylation is 1. The molecule has 0 fully saturated rings. The average Bonchev–Trinajstić information content (AvgIpc) is 2.41. The molecule has 0 radical (unpaired) electrons. The lowest BCUT2D eigenvalue weighted by Gasteiger charge is -2.09. The maximum Gasteiger partial charge on any atom is 0.161 e. The Balaban J connectivity index is 2.22. The van der Waals surface area contributed by atoms with Gasteiger partial charge in [0, 0.05) is 22.6 Å². The summed E-state index contributed by atoms with van der Waals surface area (Å²) in [7, 11) is 0. The number of benzene rings is 2. The van der Waals surface area contributed by atoms with Gasteiger partial charge in [0.05, 0.1) is 0 Å². The Morgan fingerprint density at radius 3 is 2.32 bits per heavy atom. The third kappa shape index (κ3) is 3.13. The van der Waals surface area contributed by atoms with Crippen LogP contribution in [-0.2, 0) is 6.42 Å². The van der Waals surface area contributed by atoms with Crippen LogP contribution in [0.15, 0.2) is 42.5 Å². The Bertz CT molecular complexity index is 588. The number of carbonyl (C=O) groups excluding carboxylic acids is 1. The number of Topliss-reactive ketones (excluding diaryl/α,β-unsaturated/α-hetero) is 1. The molecule has 3 heteroatoms. The largest absolute Gasteiger partial charge is 0.398 e. The van der Waals surface area contributed by atoms with Gasteiger partial charge in [0.15, 0.2) is 5.78 Å². The highest BCUT2D eigenvalue weighted by Gasteiger charge is 2.05. The van der Waals surface area contributed by atoms with Gasteiger partial charge in [0.25, 0.3) is 0 Å². The Morgan fingerprint density at radius 1 is 1.11 bits per heavy atom. The topological polar surface area (TPSA) is 55.1 Å². The normalized spacial score (nSPS) is 10.2. The van der Waals surface area contributed by atoms with Crippen LogP contribution in [0.5, 0.6) is 0 Å². The molecular weight excluding hydrogens is 236 g/mol. The molecule has 0 saturated heterocycles. The third-order valence-electron chi connectivity index (χ3n) is 3.08. The van der Waals surface area contributed by atoms with Crippen LogP contribution in [0.4, 0.5) is 17.1 Å². The molecule has 0 atom stereocenters. The van der Waals surface area contributed by atoms with E-state index in [0.717, 1.165) is 17.8 Å². The van der Waals surface area contributed by atoms with E-state index in [-0.39, 0.29) is 5.78 Å². The van der Waals surface area contributed by atoms with Crippen LogP contribution in [0.2, 0.25) is 0 Å². The highest BCUT2D eigenvalue weighted by atomic mass is 16.1. The lowest BCUT2D eigenvalue weighted by molar-refractivity contribution is 0.101. The van der Waals surface area contributed by atoms with Gasteiger partial charge in [-0.2, -0.15) is 0 Å². The molecule has 0 aromatic heterocycles. The van der Waals surface area contributed by atoms with Gasteiger partial charge in [-0.1, -0.05) is 19.1 Å². The number of hydrogen-bond acceptors (Lipinski definition) is 3. The van der Waals surface area contributed by atoms with Crippen LogP contribution < -0.4 is 11.1 Å². The minimum absolute atomic E-state index is 0.0255. The molecule has 0 bridgehead atoms. The van der Waals surface area contributed by atoms with Crippen molar-refractivity contribution in [1.29, 1.82) is 0 Å². The van der Waals surface area contributed by atoms with Crippen molar-refractivity contribution >= 4 is 22.8 Å². The summed E-state index contributed by atoms with van der Waals surface area (Å²) in [5.41, 5.74) is 10.00. The molecule has 0 aliphatic heterocycles. The minimum Gasteiger partial charge on any atom is -0.398 e. The lowest BCUT2D eigenvalue weighted by atomic mass is 10.1. The highest BCUT2D eigenvalue weighted by Crippen LogP contribution is 2.22. The molecule has 0 saturated carbocycles. The van der Waals surface area contributed by atoms with Crippen LogP contribution >= 0.6 is 0 Å². The first-order valence-electron chi connectivity index (χ1n) is 6.36. The second kappa shape index (κ2) is 5.57. The van der Waals surface area contributed by atoms with E-state index in [2.05, 4.69) is 24.4 Å². The molecule has 0 unspecified atom stereocenters. The SMILES string of the molecule is CCc1ccc(Nc2ccc(N)c(C(C)=O)c2)cc1. The van der Waals surface area contributed by atoms with Crippen molar-refractivity contribution in [2.24, 2.45) is 0 Å². The fourth-order valence-electron chi connectivity index (χ4n) is 1.93. The van der Waals surface area contributed by atoms with Gasteiger partial charge >= 0.3 is 0 Å². The van der Waals surface area contributed by atoms with Gasteiger partial charge in [-0.25, -0.2) is 0 Å². The summed E-state index contributed by atoms with van der Waals surface area (Å²) >= 11 is 0. The highest BCUT2D eigenvalue weighted by molar-refractivity contribution is 6.00. The molecular formula is C16H18N2O. The van der Waals surface area contributed by atoms with Crippen LogP contribution in [0.25, 0.3) is 0 Å². The van der Waals surface area contributed by atoms with Gasteiger partial charge in [-0.05, 0) is 49.2 Å². The molecule has 19 heavy (non-hydrogen) atoms. The standard InChI is InChI=1S/C16H18N2O/c1-3-12-4-6-13(7-5-12)18-14-8-9-16(17)15(10-14)11(2)19/h4-10,18H,3,17H2,1-2H3. The van der Waals surface area contributed by atoms with Gasteiger partial charge in [-0.15, -0.1) is 0 Å². The Kier molecular flexibility index (Phi) is 3.85. The predicted octanol–water partition coefficient (Wildman–Crippen LogP) is 3.78. The molecule has 0 amide bonds. The van der Waals surface area contributed by atoms with Crippen LogP contribution in [0.3, 0.4) is 0 Å². The van der Waals surface area contributed by atoms with E-state index in [9.17, 15) is 4.79 Å². The molecule has 98 valence electrons. The van der Waals surface area contributed by atoms with E-state index in [1.807, 2.05) is 18.2 Å². The zero-order valence-corrected chi connectivity index (χ0v) is 11.2. The summed E-state index contributed by atoms with van der Waals surface area (Å²) in [4.78, 5) is 11.4. The first-order chi connectivity index (χ1) is 9.10. The van der Waals surface area contributed by atoms with Gasteiger partial charge in [0.2, 0.25) is 0 Å². The number of nitrogens with two attached hydrogens (primary N) is 1. The van der Waals surface area contributed by atoms with Gasteiger partial charge in [0.1, 0.15) is 0 Å². The van der Waals surface area contributed by atoms with Crippen LogP contribution in [0.1, 0.15) is 29.8 Å². The first-order valence-corrected chi connectivity index (χ1v) is 6.36. The minimum atomic E-state index is -0.0255. The zero-order valence-electron chi connectivity index (χ0n) is 11.2. The summed E-state index contributed by atoms with van der Waals surface area (Å²) in [5, 5.41) is 3.27. The summed E-state index contributed by atoms with van der Waals surface area (Å²) in [6, 6.07) is 13.6. The number of nitrogens with one attached hydrogen (secondary N) is 1. The third-order valence-corrected chi connectivity index (χ3v) is 3.08. The monoisotopic (exact) mass is 254 g/mol. The lowest BCUT2D eigenvalue weighted by Crippen LogP contribution is -2.01. The quantitative estimate of drug-likeness (QED) is 0.645. The zero-order chi connectivity index (χ0) is 13.8. The Hall–Kier alpha value is -2.29. The van der Waals surface area contributed by atoms with E-state index in [1.54, 1.807) is 12.1 Å². The number of hydrogen-bond donors (Lipinski definition) is 2. The average molecular weight is 254 g/mol.